The first-order chi connectivity index (χ1) is 14.4. The number of hydrogen-bond donors (Lipinski definition) is 2. The van der Waals surface area contributed by atoms with Gasteiger partial charge in [-0.3, -0.25) is 9.59 Å². The van der Waals surface area contributed by atoms with Crippen molar-refractivity contribution in [2.45, 2.75) is 18.8 Å². The second-order valence-corrected chi connectivity index (χ2v) is 7.92. The van der Waals surface area contributed by atoms with Crippen molar-refractivity contribution in [1.82, 2.24) is 4.90 Å². The highest BCUT2D eigenvalue weighted by Crippen LogP contribution is 2.44. The monoisotopic (exact) mass is 409 g/mol. The molecule has 0 bridgehead atoms. The normalized spacial score (nSPS) is 19.9. The number of nitrogens with zero attached hydrogens (tertiary/aromatic N) is 1. The number of carbonyl (C=O) groups is 3. The van der Waals surface area contributed by atoms with Crippen LogP contribution in [0.5, 0.6) is 0 Å². The van der Waals surface area contributed by atoms with Gasteiger partial charge in [0.25, 0.3) is 0 Å². The quantitative estimate of drug-likeness (QED) is 0.757. The SMILES string of the molecule is O=C(O)C[C@H]1CN(C(=O)OCC2c3ccccc3-c3ccccc32)C[C@@H]1CC(=O)O. The maximum atomic E-state index is 12.7. The topological polar surface area (TPSA) is 104 Å². The van der Waals surface area contributed by atoms with Crippen molar-refractivity contribution in [3.8, 4) is 11.1 Å². The zero-order valence-corrected chi connectivity index (χ0v) is 16.4. The average Bonchev–Trinajstić information content (AvgIpc) is 3.24. The average molecular weight is 409 g/mol. The number of benzene rings is 2. The smallest absolute Gasteiger partial charge is 0.409 e. The molecule has 1 fully saturated rings. The van der Waals surface area contributed by atoms with Crippen LogP contribution < -0.4 is 0 Å². The van der Waals surface area contributed by atoms with Gasteiger partial charge in [0.2, 0.25) is 0 Å². The fraction of sp³-hybridized carbons (Fsp3) is 0.348. The Morgan fingerprint density at radius 1 is 0.833 bits per heavy atom. The van der Waals surface area contributed by atoms with Gasteiger partial charge in [-0.05, 0) is 34.1 Å². The van der Waals surface area contributed by atoms with Crippen LogP contribution in [0.15, 0.2) is 48.5 Å². The van der Waals surface area contributed by atoms with Crippen LogP contribution >= 0.6 is 0 Å². The first kappa shape index (κ1) is 19.9. The van der Waals surface area contributed by atoms with E-state index in [1.54, 1.807) is 0 Å². The number of rotatable bonds is 6. The molecule has 1 heterocycles. The molecule has 1 aliphatic heterocycles. The van der Waals surface area contributed by atoms with Crippen molar-refractivity contribution < 1.29 is 29.3 Å². The van der Waals surface area contributed by atoms with E-state index in [0.717, 1.165) is 22.3 Å². The van der Waals surface area contributed by atoms with Crippen LogP contribution in [-0.2, 0) is 14.3 Å². The molecule has 4 rings (SSSR count). The molecule has 2 aliphatic rings. The summed E-state index contributed by atoms with van der Waals surface area (Å²) in [5.74, 6) is -2.83. The Kier molecular flexibility index (Phi) is 5.44. The van der Waals surface area contributed by atoms with E-state index in [4.69, 9.17) is 14.9 Å². The Hall–Kier alpha value is -3.35. The van der Waals surface area contributed by atoms with Crippen molar-refractivity contribution in [2.75, 3.05) is 19.7 Å². The lowest BCUT2D eigenvalue weighted by Crippen LogP contribution is -2.31. The molecular formula is C23H23NO6. The fourth-order valence-corrected chi connectivity index (χ4v) is 4.68. The second-order valence-electron chi connectivity index (χ2n) is 7.92. The summed E-state index contributed by atoms with van der Waals surface area (Å²) in [4.78, 5) is 36.4. The number of carboxylic acid groups (broad SMARTS) is 2. The van der Waals surface area contributed by atoms with Crippen LogP contribution in [-0.4, -0.2) is 52.8 Å². The molecule has 7 nitrogen and oxygen atoms in total. The molecule has 1 amide bonds. The first-order valence-corrected chi connectivity index (χ1v) is 9.97. The molecule has 0 spiro atoms. The third kappa shape index (κ3) is 3.87. The van der Waals surface area contributed by atoms with Crippen molar-refractivity contribution >= 4 is 18.0 Å². The van der Waals surface area contributed by atoms with Crippen LogP contribution in [0.1, 0.15) is 29.9 Å². The summed E-state index contributed by atoms with van der Waals surface area (Å²) in [6.07, 6.45) is -0.851. The minimum atomic E-state index is -0.996. The number of hydrogen-bond acceptors (Lipinski definition) is 4. The maximum Gasteiger partial charge on any atom is 0.409 e. The summed E-state index contributed by atoms with van der Waals surface area (Å²) in [5.41, 5.74) is 4.50. The maximum absolute atomic E-state index is 12.7. The molecule has 30 heavy (non-hydrogen) atoms. The van der Waals surface area contributed by atoms with Gasteiger partial charge >= 0.3 is 18.0 Å². The number of aliphatic carboxylic acids is 2. The highest BCUT2D eigenvalue weighted by molar-refractivity contribution is 5.79. The summed E-state index contributed by atoms with van der Waals surface area (Å²) in [5, 5.41) is 18.2. The third-order valence-electron chi connectivity index (χ3n) is 6.04. The van der Waals surface area contributed by atoms with Crippen LogP contribution in [0.25, 0.3) is 11.1 Å². The molecule has 2 aromatic carbocycles. The summed E-state index contributed by atoms with van der Waals surface area (Å²) in [7, 11) is 0. The lowest BCUT2D eigenvalue weighted by Gasteiger charge is -2.19. The van der Waals surface area contributed by atoms with Gasteiger partial charge in [0, 0.05) is 19.0 Å². The Balaban J connectivity index is 1.45. The molecule has 2 aromatic rings. The minimum absolute atomic E-state index is 0.0615. The highest BCUT2D eigenvalue weighted by atomic mass is 16.6. The highest BCUT2D eigenvalue weighted by Gasteiger charge is 2.38. The fourth-order valence-electron chi connectivity index (χ4n) is 4.68. The predicted molar refractivity (Wildman–Crippen MR) is 108 cm³/mol. The molecule has 156 valence electrons. The number of ether oxygens (including phenoxy) is 1. The molecule has 0 unspecified atom stereocenters. The number of carbonyl (C=O) groups excluding carboxylic acids is 1. The molecule has 7 heteroatoms. The Labute approximate surface area is 173 Å². The zero-order chi connectivity index (χ0) is 21.3. The van der Waals surface area contributed by atoms with E-state index in [1.807, 2.05) is 36.4 Å². The summed E-state index contributed by atoms with van der Waals surface area (Å²) in [6, 6.07) is 16.1. The minimum Gasteiger partial charge on any atom is -0.481 e. The van der Waals surface area contributed by atoms with Crippen LogP contribution in [0, 0.1) is 11.8 Å². The van der Waals surface area contributed by atoms with Crippen LogP contribution in [0.2, 0.25) is 0 Å². The van der Waals surface area contributed by atoms with Gasteiger partial charge in [0.15, 0.2) is 0 Å². The molecule has 2 atom stereocenters. The predicted octanol–water partition coefficient (Wildman–Crippen LogP) is 3.43. The summed E-state index contributed by atoms with van der Waals surface area (Å²) < 4.78 is 5.62. The Morgan fingerprint density at radius 3 is 1.77 bits per heavy atom. The van der Waals surface area contributed by atoms with E-state index < -0.39 is 18.0 Å². The van der Waals surface area contributed by atoms with E-state index in [0.29, 0.717) is 0 Å². The van der Waals surface area contributed by atoms with E-state index >= 15 is 0 Å². The van der Waals surface area contributed by atoms with Gasteiger partial charge in [-0.2, -0.15) is 0 Å². The van der Waals surface area contributed by atoms with Gasteiger partial charge in [-0.1, -0.05) is 48.5 Å². The van der Waals surface area contributed by atoms with Crippen molar-refractivity contribution in [3.63, 3.8) is 0 Å². The molecule has 1 saturated heterocycles. The Morgan fingerprint density at radius 2 is 1.30 bits per heavy atom. The number of carboxylic acids is 2. The van der Waals surface area contributed by atoms with Crippen LogP contribution in [0.4, 0.5) is 4.79 Å². The lowest BCUT2D eigenvalue weighted by molar-refractivity contribution is -0.141. The third-order valence-corrected chi connectivity index (χ3v) is 6.04. The number of amides is 1. The molecule has 2 N–H and O–H groups in total. The van der Waals surface area contributed by atoms with Gasteiger partial charge in [0.05, 0.1) is 12.8 Å². The van der Waals surface area contributed by atoms with Crippen molar-refractivity contribution in [3.05, 3.63) is 59.7 Å². The van der Waals surface area contributed by atoms with Gasteiger partial charge in [-0.15, -0.1) is 0 Å². The van der Waals surface area contributed by atoms with Gasteiger partial charge in [-0.25, -0.2) is 4.79 Å². The first-order valence-electron chi connectivity index (χ1n) is 9.97. The summed E-state index contributed by atoms with van der Waals surface area (Å²) in [6.45, 7) is 0.568. The van der Waals surface area contributed by atoms with E-state index in [9.17, 15) is 14.4 Å². The zero-order valence-electron chi connectivity index (χ0n) is 16.4. The molecule has 0 aromatic heterocycles. The standard InChI is InChI=1S/C23H23NO6/c25-21(26)9-14-11-24(12-15(14)10-22(27)28)23(29)30-13-20-18-7-3-1-5-16(18)17-6-2-4-8-19(17)20/h1-8,14-15,20H,9-13H2,(H,25,26)(H,27,28)/t14-,15-/m0/s1. The molecular weight excluding hydrogens is 386 g/mol. The van der Waals surface area contributed by atoms with Gasteiger partial charge in [0.1, 0.15) is 6.61 Å². The summed E-state index contributed by atoms with van der Waals surface area (Å²) >= 11 is 0. The number of likely N-dealkylation sites (tertiary alicyclic amines) is 1. The van der Waals surface area contributed by atoms with E-state index in [-0.39, 0.29) is 50.3 Å². The van der Waals surface area contributed by atoms with Crippen molar-refractivity contribution in [2.24, 2.45) is 11.8 Å². The van der Waals surface area contributed by atoms with Gasteiger partial charge < -0.3 is 19.8 Å². The molecule has 0 saturated carbocycles. The van der Waals surface area contributed by atoms with Crippen LogP contribution in [0.3, 0.4) is 0 Å². The Bertz CT molecular complexity index is 918. The largest absolute Gasteiger partial charge is 0.481 e. The lowest BCUT2D eigenvalue weighted by atomic mass is 9.90. The molecule has 1 aliphatic carbocycles. The second kappa shape index (κ2) is 8.18. The molecule has 0 radical (unpaired) electrons. The van der Waals surface area contributed by atoms with E-state index in [1.165, 1.54) is 4.90 Å². The van der Waals surface area contributed by atoms with E-state index in [2.05, 4.69) is 12.1 Å². The van der Waals surface area contributed by atoms with Crippen molar-refractivity contribution in [1.29, 1.82) is 0 Å². The number of fused-ring (bicyclic) bond motifs is 3.